The first-order valence-corrected chi connectivity index (χ1v) is 14.1. The highest BCUT2D eigenvalue weighted by Gasteiger charge is 2.42. The van der Waals surface area contributed by atoms with Crippen molar-refractivity contribution in [2.24, 2.45) is 11.3 Å². The Hall–Kier alpha value is -2.97. The zero-order valence-corrected chi connectivity index (χ0v) is 25.3. The van der Waals surface area contributed by atoms with Gasteiger partial charge in [-0.15, -0.1) is 5.10 Å². The Morgan fingerprint density at radius 1 is 1.18 bits per heavy atom. The van der Waals surface area contributed by atoms with Gasteiger partial charge in [0.2, 0.25) is 0 Å². The molecule has 2 heterocycles. The van der Waals surface area contributed by atoms with Crippen molar-refractivity contribution in [1.29, 1.82) is 5.26 Å². The van der Waals surface area contributed by atoms with Gasteiger partial charge in [0.25, 0.3) is 0 Å². The van der Waals surface area contributed by atoms with Crippen LogP contribution in [-0.2, 0) is 6.54 Å². The number of nitrogens with zero attached hydrogens (tertiary/aromatic N) is 4. The number of benzene rings is 1. The van der Waals surface area contributed by atoms with Crippen molar-refractivity contribution < 1.29 is 0 Å². The first-order valence-electron chi connectivity index (χ1n) is 14.1. The van der Waals surface area contributed by atoms with Crippen LogP contribution in [0.15, 0.2) is 30.4 Å². The molecule has 5 heteroatoms. The normalized spacial score (nSPS) is 16.3. The maximum Gasteiger partial charge on any atom is 0.156 e. The van der Waals surface area contributed by atoms with Gasteiger partial charge in [-0.05, 0) is 89.0 Å². The summed E-state index contributed by atoms with van der Waals surface area (Å²) >= 11 is 0. The molecule has 1 aromatic heterocycles. The lowest BCUT2D eigenvalue weighted by atomic mass is 9.70. The van der Waals surface area contributed by atoms with E-state index in [0.717, 1.165) is 50.6 Å². The van der Waals surface area contributed by atoms with Gasteiger partial charge in [0.15, 0.2) is 5.82 Å². The number of anilines is 1. The maximum absolute atomic E-state index is 9.16. The molecule has 1 unspecified atom stereocenters. The number of hydrogen-bond acceptors (Lipinski definition) is 5. The van der Waals surface area contributed by atoms with Gasteiger partial charge in [-0.3, -0.25) is 4.90 Å². The first kappa shape index (κ1) is 31.2. The van der Waals surface area contributed by atoms with Crippen molar-refractivity contribution in [2.45, 2.75) is 94.2 Å². The van der Waals surface area contributed by atoms with Gasteiger partial charge in [-0.25, -0.2) is 0 Å². The average Bonchev–Trinajstić information content (AvgIpc) is 2.86. The second kappa shape index (κ2) is 14.3. The Labute approximate surface area is 231 Å². The van der Waals surface area contributed by atoms with E-state index in [0.29, 0.717) is 17.5 Å². The van der Waals surface area contributed by atoms with Gasteiger partial charge in [0, 0.05) is 36.1 Å². The third-order valence-corrected chi connectivity index (χ3v) is 7.96. The van der Waals surface area contributed by atoms with Crippen LogP contribution >= 0.6 is 0 Å². The molecule has 2 aromatic rings. The monoisotopic (exact) mass is 515 g/mol. The number of rotatable bonds is 9. The Morgan fingerprint density at radius 3 is 2.39 bits per heavy atom. The lowest BCUT2D eigenvalue weighted by Gasteiger charge is -2.53. The highest BCUT2D eigenvalue weighted by Crippen LogP contribution is 2.41. The summed E-state index contributed by atoms with van der Waals surface area (Å²) in [5.74, 6) is 1.63. The van der Waals surface area contributed by atoms with E-state index in [1.54, 1.807) is 0 Å². The molecule has 1 saturated heterocycles. The van der Waals surface area contributed by atoms with Crippen molar-refractivity contribution in [3.05, 3.63) is 63.2 Å². The van der Waals surface area contributed by atoms with E-state index in [1.165, 1.54) is 32.4 Å². The van der Waals surface area contributed by atoms with Gasteiger partial charge >= 0.3 is 0 Å². The van der Waals surface area contributed by atoms with Crippen molar-refractivity contribution >= 4 is 18.0 Å². The van der Waals surface area contributed by atoms with Crippen LogP contribution < -0.4 is 15.8 Å². The molecule has 0 amide bonds. The zero-order valence-electron chi connectivity index (χ0n) is 25.3. The lowest BCUT2D eigenvalue weighted by molar-refractivity contribution is -0.0400. The van der Waals surface area contributed by atoms with Gasteiger partial charge < -0.3 is 5.32 Å². The van der Waals surface area contributed by atoms with Crippen molar-refractivity contribution in [2.75, 3.05) is 18.4 Å². The highest BCUT2D eigenvalue weighted by molar-refractivity contribution is 5.53. The van der Waals surface area contributed by atoms with E-state index in [4.69, 9.17) is 5.26 Å². The third-order valence-electron chi connectivity index (χ3n) is 7.96. The van der Waals surface area contributed by atoms with Crippen LogP contribution in [0.1, 0.15) is 90.1 Å². The Morgan fingerprint density at radius 2 is 1.87 bits per heavy atom. The molecule has 1 aliphatic rings. The predicted octanol–water partition coefficient (Wildman–Crippen LogP) is 6.28. The van der Waals surface area contributed by atoms with Crippen LogP contribution in [0, 0.1) is 36.5 Å². The molecule has 1 fully saturated rings. The summed E-state index contributed by atoms with van der Waals surface area (Å²) in [6, 6.07) is 8.70. The Bertz CT molecular complexity index is 1250. The van der Waals surface area contributed by atoms with Crippen LogP contribution in [0.3, 0.4) is 0 Å². The van der Waals surface area contributed by atoms with E-state index in [2.05, 4.69) is 67.7 Å². The van der Waals surface area contributed by atoms with E-state index >= 15 is 0 Å². The summed E-state index contributed by atoms with van der Waals surface area (Å²) in [4.78, 5) is 2.60. The molecule has 0 radical (unpaired) electrons. The summed E-state index contributed by atoms with van der Waals surface area (Å²) in [6.07, 6.45) is 8.18. The molecule has 206 valence electrons. The van der Waals surface area contributed by atoms with Crippen LogP contribution in [0.4, 0.5) is 5.82 Å². The fourth-order valence-electron chi connectivity index (χ4n) is 5.18. The SMILES string of the molecule is C=C(C)/C=c1/c(NCc2cccc(C#N)c2C)nnc(C)/c1=C/C.CCC(C)CC1(CC)CN(C(C)C)C1. The molecule has 1 N–H and O–H groups in total. The minimum atomic E-state index is 0.583. The third kappa shape index (κ3) is 8.01. The molecule has 0 aliphatic carbocycles. The summed E-state index contributed by atoms with van der Waals surface area (Å²) < 4.78 is 0. The maximum atomic E-state index is 9.16. The molecule has 0 spiro atoms. The molecule has 38 heavy (non-hydrogen) atoms. The smallest absolute Gasteiger partial charge is 0.156 e. The highest BCUT2D eigenvalue weighted by atomic mass is 15.2. The predicted molar refractivity (Wildman–Crippen MR) is 162 cm³/mol. The van der Waals surface area contributed by atoms with E-state index in [-0.39, 0.29) is 0 Å². The number of aromatic nitrogens is 2. The number of nitriles is 1. The van der Waals surface area contributed by atoms with E-state index in [9.17, 15) is 0 Å². The fourth-order valence-corrected chi connectivity index (χ4v) is 5.18. The second-order valence-electron chi connectivity index (χ2n) is 11.4. The Kier molecular flexibility index (Phi) is 11.7. The largest absolute Gasteiger partial charge is 0.364 e. The van der Waals surface area contributed by atoms with Crippen molar-refractivity contribution in [1.82, 2.24) is 15.1 Å². The van der Waals surface area contributed by atoms with Gasteiger partial charge in [0.05, 0.1) is 17.3 Å². The molecule has 0 saturated carbocycles. The van der Waals surface area contributed by atoms with Crippen LogP contribution in [0.5, 0.6) is 0 Å². The Balaban J connectivity index is 0.000000308. The average molecular weight is 516 g/mol. The van der Waals surface area contributed by atoms with Crippen LogP contribution in [0.2, 0.25) is 0 Å². The lowest BCUT2D eigenvalue weighted by Crippen LogP contribution is -2.58. The molecule has 0 bridgehead atoms. The second-order valence-corrected chi connectivity index (χ2v) is 11.4. The number of likely N-dealkylation sites (tertiary alicyclic amines) is 1. The van der Waals surface area contributed by atoms with Crippen molar-refractivity contribution in [3.8, 4) is 6.07 Å². The van der Waals surface area contributed by atoms with Crippen LogP contribution in [-0.4, -0.2) is 34.2 Å². The zero-order chi connectivity index (χ0) is 28.5. The van der Waals surface area contributed by atoms with E-state index in [1.807, 2.05) is 58.0 Å². The summed E-state index contributed by atoms with van der Waals surface area (Å²) in [5, 5.41) is 23.1. The van der Waals surface area contributed by atoms with Gasteiger partial charge in [-0.2, -0.15) is 10.4 Å². The quantitative estimate of drug-likeness (QED) is 0.426. The fraction of sp³-hybridized carbons (Fsp3) is 0.545. The minimum absolute atomic E-state index is 0.583. The molecule has 1 aromatic carbocycles. The number of hydrogen-bond donors (Lipinski definition) is 1. The summed E-state index contributed by atoms with van der Waals surface area (Å²) in [5.41, 5.74) is 5.26. The van der Waals surface area contributed by atoms with Gasteiger partial charge in [-0.1, -0.05) is 57.6 Å². The number of allylic oxidation sites excluding steroid dienone is 1. The summed E-state index contributed by atoms with van der Waals surface area (Å²) in [6.45, 7) is 26.8. The van der Waals surface area contributed by atoms with Crippen molar-refractivity contribution in [3.63, 3.8) is 0 Å². The first-order chi connectivity index (χ1) is 18.0. The summed E-state index contributed by atoms with van der Waals surface area (Å²) in [7, 11) is 0. The van der Waals surface area contributed by atoms with E-state index < -0.39 is 0 Å². The molecule has 5 nitrogen and oxygen atoms in total. The molecule has 3 rings (SSSR count). The number of aryl methyl sites for hydroxylation is 1. The van der Waals surface area contributed by atoms with Gasteiger partial charge in [0.1, 0.15) is 0 Å². The topological polar surface area (TPSA) is 64.8 Å². The van der Waals surface area contributed by atoms with Crippen LogP contribution in [0.25, 0.3) is 12.2 Å². The molecule has 1 aliphatic heterocycles. The minimum Gasteiger partial charge on any atom is -0.364 e. The molecule has 1 atom stereocenters. The number of nitrogens with one attached hydrogen (secondary N) is 1. The molecular formula is C33H49N5. The standard InChI is InChI=1S/C20H22N4.C13H27N/c1-6-18-15(5)23-24-20(19(18)10-13(2)3)22-12-17-9-7-8-16(11-21)14(17)4;1-6-12(5)8-13(7-2)9-14(10-13)11(3)4/h6-10H,2,12H2,1,3-5H3,(H,22,24);11-12H,6-10H2,1-5H3/b18-6-,19-10+;. The molecular weight excluding hydrogens is 466 g/mol.